The molecule has 1 aromatic rings. The van der Waals surface area contributed by atoms with Crippen LogP contribution in [0.25, 0.3) is 0 Å². The number of carbonyl (C=O) groups is 1. The van der Waals surface area contributed by atoms with Gasteiger partial charge in [0, 0.05) is 0 Å². The van der Waals surface area contributed by atoms with Gasteiger partial charge in [-0.05, 0) is 37.1 Å². The third-order valence-electron chi connectivity index (χ3n) is 2.92. The van der Waals surface area contributed by atoms with E-state index in [2.05, 4.69) is 19.2 Å². The molecule has 0 aliphatic carbocycles. The average molecular weight is 221 g/mol. The fraction of sp³-hybridized carbons (Fsp3) is 0.462. The van der Waals surface area contributed by atoms with Gasteiger partial charge in [0.1, 0.15) is 0 Å². The maximum Gasteiger partial charge on any atom is 0.335 e. The van der Waals surface area contributed by atoms with Crippen molar-refractivity contribution in [3.8, 4) is 0 Å². The molecule has 2 rings (SSSR count). The van der Waals surface area contributed by atoms with Crippen LogP contribution in [0.4, 0.5) is 0 Å². The fourth-order valence-corrected chi connectivity index (χ4v) is 1.52. The smallest absolute Gasteiger partial charge is 0.335 e. The topological polar surface area (TPSA) is 49.3 Å². The minimum Gasteiger partial charge on any atom is -0.478 e. The summed E-state index contributed by atoms with van der Waals surface area (Å²) in [6.45, 7) is 7.04. The lowest BCUT2D eigenvalue weighted by molar-refractivity contribution is 0.0697. The van der Waals surface area contributed by atoms with Gasteiger partial charge in [-0.1, -0.05) is 32.0 Å². The zero-order chi connectivity index (χ0) is 12.0. The summed E-state index contributed by atoms with van der Waals surface area (Å²) >= 11 is 0. The molecule has 0 unspecified atom stereocenters. The molecule has 0 aromatic heterocycles. The van der Waals surface area contributed by atoms with E-state index in [1.165, 1.54) is 13.1 Å². The van der Waals surface area contributed by atoms with Gasteiger partial charge in [-0.15, -0.1) is 0 Å². The third-order valence-corrected chi connectivity index (χ3v) is 2.92. The van der Waals surface area contributed by atoms with E-state index in [9.17, 15) is 4.79 Å². The first kappa shape index (κ1) is 12.7. The fourth-order valence-electron chi connectivity index (χ4n) is 1.52. The summed E-state index contributed by atoms with van der Waals surface area (Å²) in [7, 11) is 0. The molecular formula is C13H19NO2. The van der Waals surface area contributed by atoms with Crippen molar-refractivity contribution >= 4 is 5.97 Å². The normalized spacial score (nSPS) is 23.4. The molecule has 1 heterocycles. The number of carboxylic acids is 1. The van der Waals surface area contributed by atoms with E-state index in [-0.39, 0.29) is 0 Å². The average Bonchev–Trinajstić information content (AvgIpc) is 2.65. The molecule has 1 saturated heterocycles. The molecule has 0 saturated carbocycles. The number of nitrogens with one attached hydrogen (secondary N) is 1. The third kappa shape index (κ3) is 4.03. The molecule has 3 nitrogen and oxygen atoms in total. The van der Waals surface area contributed by atoms with Crippen molar-refractivity contribution in [1.82, 2.24) is 5.32 Å². The summed E-state index contributed by atoms with van der Waals surface area (Å²) in [6.07, 6.45) is 0. The van der Waals surface area contributed by atoms with E-state index in [1.807, 2.05) is 0 Å². The molecule has 0 spiro atoms. The number of hydrogen-bond acceptors (Lipinski definition) is 2. The van der Waals surface area contributed by atoms with Crippen molar-refractivity contribution < 1.29 is 9.90 Å². The summed E-state index contributed by atoms with van der Waals surface area (Å²) in [5.41, 5.74) is 0.331. The summed E-state index contributed by atoms with van der Waals surface area (Å²) in [5, 5.41) is 11.7. The van der Waals surface area contributed by atoms with E-state index in [0.717, 1.165) is 11.8 Å². The largest absolute Gasteiger partial charge is 0.478 e. The van der Waals surface area contributed by atoms with E-state index in [1.54, 1.807) is 30.3 Å². The maximum absolute atomic E-state index is 10.2. The number of benzene rings is 1. The van der Waals surface area contributed by atoms with Crippen LogP contribution in [0.2, 0.25) is 0 Å². The first-order valence-corrected chi connectivity index (χ1v) is 5.60. The molecule has 16 heavy (non-hydrogen) atoms. The lowest BCUT2D eigenvalue weighted by Gasteiger charge is -2.03. The second-order valence-electron chi connectivity index (χ2n) is 4.28. The molecule has 1 aromatic carbocycles. The highest BCUT2D eigenvalue weighted by Gasteiger charge is 2.16. The number of rotatable bonds is 1. The highest BCUT2D eigenvalue weighted by atomic mass is 16.4. The van der Waals surface area contributed by atoms with Crippen LogP contribution in [0.5, 0.6) is 0 Å². The Hall–Kier alpha value is -1.35. The number of hydrogen-bond donors (Lipinski definition) is 2. The second kappa shape index (κ2) is 6.28. The predicted octanol–water partition coefficient (Wildman–Crippen LogP) is 2.25. The molecule has 2 atom stereocenters. The Morgan fingerprint density at radius 1 is 1.19 bits per heavy atom. The highest BCUT2D eigenvalue weighted by molar-refractivity contribution is 5.87. The van der Waals surface area contributed by atoms with E-state index < -0.39 is 5.97 Å². The molecule has 1 aliphatic rings. The van der Waals surface area contributed by atoms with Gasteiger partial charge in [-0.25, -0.2) is 4.79 Å². The monoisotopic (exact) mass is 221 g/mol. The van der Waals surface area contributed by atoms with Gasteiger partial charge < -0.3 is 10.4 Å². The van der Waals surface area contributed by atoms with Gasteiger partial charge in [-0.2, -0.15) is 0 Å². The van der Waals surface area contributed by atoms with Crippen LogP contribution >= 0.6 is 0 Å². The minimum absolute atomic E-state index is 0.331. The Kier molecular flexibility index (Phi) is 4.99. The summed E-state index contributed by atoms with van der Waals surface area (Å²) < 4.78 is 0. The van der Waals surface area contributed by atoms with Gasteiger partial charge in [-0.3, -0.25) is 0 Å². The van der Waals surface area contributed by atoms with Crippen LogP contribution in [-0.4, -0.2) is 24.2 Å². The van der Waals surface area contributed by atoms with Crippen LogP contribution in [0.1, 0.15) is 24.2 Å². The maximum atomic E-state index is 10.2. The lowest BCUT2D eigenvalue weighted by atomic mass is 10.0. The molecule has 3 heteroatoms. The van der Waals surface area contributed by atoms with Gasteiger partial charge in [0.25, 0.3) is 0 Å². The molecular weight excluding hydrogens is 202 g/mol. The van der Waals surface area contributed by atoms with Gasteiger partial charge in [0.05, 0.1) is 5.56 Å². The van der Waals surface area contributed by atoms with Crippen LogP contribution in [0.3, 0.4) is 0 Å². The zero-order valence-electron chi connectivity index (χ0n) is 9.81. The molecule has 0 amide bonds. The first-order chi connectivity index (χ1) is 7.61. The van der Waals surface area contributed by atoms with Crippen molar-refractivity contribution in [3.63, 3.8) is 0 Å². The Labute approximate surface area is 96.5 Å². The van der Waals surface area contributed by atoms with Crippen LogP contribution in [0.15, 0.2) is 30.3 Å². The highest BCUT2D eigenvalue weighted by Crippen LogP contribution is 2.13. The van der Waals surface area contributed by atoms with Crippen molar-refractivity contribution in [1.29, 1.82) is 0 Å². The first-order valence-electron chi connectivity index (χ1n) is 5.60. The van der Waals surface area contributed by atoms with E-state index in [4.69, 9.17) is 5.11 Å². The molecule has 2 N–H and O–H groups in total. The van der Waals surface area contributed by atoms with Gasteiger partial charge in [0.15, 0.2) is 0 Å². The minimum atomic E-state index is -0.879. The van der Waals surface area contributed by atoms with Crippen molar-refractivity contribution in [2.24, 2.45) is 11.8 Å². The molecule has 1 fully saturated rings. The Morgan fingerprint density at radius 2 is 1.69 bits per heavy atom. The van der Waals surface area contributed by atoms with E-state index >= 15 is 0 Å². The number of aromatic carboxylic acids is 1. The molecule has 88 valence electrons. The van der Waals surface area contributed by atoms with Crippen LogP contribution in [0, 0.1) is 11.8 Å². The molecule has 0 bridgehead atoms. The van der Waals surface area contributed by atoms with Crippen molar-refractivity contribution in [2.45, 2.75) is 13.8 Å². The van der Waals surface area contributed by atoms with Crippen molar-refractivity contribution in [2.75, 3.05) is 13.1 Å². The summed E-state index contributed by atoms with van der Waals surface area (Å²) in [4.78, 5) is 10.2. The van der Waals surface area contributed by atoms with Crippen molar-refractivity contribution in [3.05, 3.63) is 35.9 Å². The Bertz CT molecular complexity index is 316. The van der Waals surface area contributed by atoms with Crippen LogP contribution in [-0.2, 0) is 0 Å². The second-order valence-corrected chi connectivity index (χ2v) is 4.28. The Balaban J connectivity index is 0.000000165. The standard InChI is InChI=1S/C7H6O2.C6H13N/c8-7(9)6-4-2-1-3-5-6;1-5-3-7-4-6(5)2/h1-5H,(H,8,9);5-7H,3-4H2,1-2H3/t;5-,6-/m.1/s1. The Morgan fingerprint density at radius 3 is 1.94 bits per heavy atom. The van der Waals surface area contributed by atoms with E-state index in [0.29, 0.717) is 5.56 Å². The quantitative estimate of drug-likeness (QED) is 0.764. The molecule has 0 radical (unpaired) electrons. The van der Waals surface area contributed by atoms with Gasteiger partial charge in [0.2, 0.25) is 0 Å². The summed E-state index contributed by atoms with van der Waals surface area (Å²) in [5.74, 6) is 0.926. The molecule has 1 aliphatic heterocycles. The SMILES string of the molecule is C[C@@H]1CNC[C@H]1C.O=C(O)c1ccccc1. The van der Waals surface area contributed by atoms with Crippen LogP contribution < -0.4 is 5.32 Å². The summed E-state index contributed by atoms with van der Waals surface area (Å²) in [6, 6.07) is 8.30. The zero-order valence-corrected chi connectivity index (χ0v) is 9.81. The predicted molar refractivity (Wildman–Crippen MR) is 64.6 cm³/mol. The number of carboxylic acid groups (broad SMARTS) is 1. The van der Waals surface area contributed by atoms with Gasteiger partial charge >= 0.3 is 5.97 Å². The lowest BCUT2D eigenvalue weighted by Crippen LogP contribution is -2.06.